The van der Waals surface area contributed by atoms with Crippen molar-refractivity contribution in [1.82, 2.24) is 9.55 Å². The van der Waals surface area contributed by atoms with Gasteiger partial charge in [-0.05, 0) is 44.1 Å². The second kappa shape index (κ2) is 7.31. The molecule has 1 fully saturated rings. The van der Waals surface area contributed by atoms with Crippen molar-refractivity contribution in [1.29, 1.82) is 0 Å². The summed E-state index contributed by atoms with van der Waals surface area (Å²) in [6.45, 7) is 2.96. The van der Waals surface area contributed by atoms with Gasteiger partial charge in [0.05, 0.1) is 5.60 Å². The number of benzene rings is 1. The van der Waals surface area contributed by atoms with Crippen LogP contribution in [0.4, 0.5) is 0 Å². The third-order valence-corrected chi connectivity index (χ3v) is 5.43. The van der Waals surface area contributed by atoms with Crippen molar-refractivity contribution in [2.45, 2.75) is 64.0 Å². The highest BCUT2D eigenvalue weighted by Crippen LogP contribution is 2.42. The summed E-state index contributed by atoms with van der Waals surface area (Å²) in [5.41, 5.74) is 0.408. The molecule has 1 heterocycles. The van der Waals surface area contributed by atoms with E-state index >= 15 is 0 Å². The van der Waals surface area contributed by atoms with E-state index in [1.54, 1.807) is 0 Å². The van der Waals surface area contributed by atoms with Crippen molar-refractivity contribution in [3.63, 3.8) is 0 Å². The maximum atomic E-state index is 11.6. The van der Waals surface area contributed by atoms with E-state index in [1.165, 1.54) is 19.3 Å². The minimum absolute atomic E-state index is 0.391. The smallest absolute Gasteiger partial charge is 0.105 e. The summed E-state index contributed by atoms with van der Waals surface area (Å²) in [5.74, 6) is 1.44. The molecule has 1 aromatic carbocycles. The third-order valence-electron chi connectivity index (χ3n) is 5.43. The predicted octanol–water partition coefficient (Wildman–Crippen LogP) is 4.44. The van der Waals surface area contributed by atoms with E-state index in [9.17, 15) is 5.11 Å². The number of aliphatic hydroxyl groups is 1. The van der Waals surface area contributed by atoms with Crippen LogP contribution in [0, 0.1) is 12.8 Å². The second-order valence-corrected chi connectivity index (χ2v) is 6.90. The zero-order chi connectivity index (χ0) is 16.1. The van der Waals surface area contributed by atoms with E-state index in [-0.39, 0.29) is 0 Å². The second-order valence-electron chi connectivity index (χ2n) is 6.90. The molecule has 1 unspecified atom stereocenters. The Bertz CT molecular complexity index is 601. The molecule has 23 heavy (non-hydrogen) atoms. The summed E-state index contributed by atoms with van der Waals surface area (Å²) in [4.78, 5) is 4.28. The Kier molecular flexibility index (Phi) is 5.16. The molecule has 3 heteroatoms. The van der Waals surface area contributed by atoms with Crippen molar-refractivity contribution >= 4 is 0 Å². The Balaban J connectivity index is 1.73. The molecule has 3 nitrogen and oxygen atoms in total. The first-order valence-corrected chi connectivity index (χ1v) is 8.96. The number of aryl methyl sites for hydroxylation is 2. The number of aromatic nitrogens is 2. The van der Waals surface area contributed by atoms with Gasteiger partial charge in [-0.15, -0.1) is 0 Å². The lowest BCUT2D eigenvalue weighted by molar-refractivity contribution is -0.0483. The van der Waals surface area contributed by atoms with Crippen LogP contribution in [-0.4, -0.2) is 14.7 Å². The number of rotatable bonds is 6. The maximum absolute atomic E-state index is 11.6. The van der Waals surface area contributed by atoms with Crippen molar-refractivity contribution in [3.8, 4) is 0 Å². The van der Waals surface area contributed by atoms with E-state index in [2.05, 4.69) is 21.7 Å². The first kappa shape index (κ1) is 16.3. The first-order chi connectivity index (χ1) is 11.2. The monoisotopic (exact) mass is 312 g/mol. The molecule has 1 aliphatic carbocycles. The lowest BCUT2D eigenvalue weighted by atomic mass is 9.71. The van der Waals surface area contributed by atoms with Gasteiger partial charge in [0.2, 0.25) is 0 Å². The minimum Gasteiger partial charge on any atom is -0.385 e. The maximum Gasteiger partial charge on any atom is 0.105 e. The highest BCUT2D eigenvalue weighted by Gasteiger charge is 2.38. The summed E-state index contributed by atoms with van der Waals surface area (Å²) in [6.07, 6.45) is 11.8. The molecule has 1 aliphatic rings. The molecule has 0 radical (unpaired) electrons. The largest absolute Gasteiger partial charge is 0.385 e. The molecule has 0 saturated heterocycles. The van der Waals surface area contributed by atoms with E-state index in [0.717, 1.165) is 43.6 Å². The van der Waals surface area contributed by atoms with Gasteiger partial charge < -0.3 is 9.67 Å². The Labute approximate surface area is 139 Å². The SMILES string of the molecule is Cc1nccn1CCCC(O)(c1ccccc1)C1CCCCC1. The molecule has 0 spiro atoms. The topological polar surface area (TPSA) is 38.0 Å². The van der Waals surface area contributed by atoms with Crippen LogP contribution in [0.2, 0.25) is 0 Å². The molecule has 0 aliphatic heterocycles. The van der Waals surface area contributed by atoms with Crippen LogP contribution in [0.5, 0.6) is 0 Å². The highest BCUT2D eigenvalue weighted by molar-refractivity contribution is 5.23. The Morgan fingerprint density at radius 1 is 1.17 bits per heavy atom. The van der Waals surface area contributed by atoms with Crippen LogP contribution in [-0.2, 0) is 12.1 Å². The van der Waals surface area contributed by atoms with Gasteiger partial charge >= 0.3 is 0 Å². The van der Waals surface area contributed by atoms with Crippen LogP contribution < -0.4 is 0 Å². The van der Waals surface area contributed by atoms with Gasteiger partial charge in [0.15, 0.2) is 0 Å². The molecule has 2 aromatic rings. The number of hydrogen-bond donors (Lipinski definition) is 1. The van der Waals surface area contributed by atoms with Gasteiger partial charge in [-0.25, -0.2) is 4.98 Å². The normalized spacial score (nSPS) is 18.7. The van der Waals surface area contributed by atoms with Gasteiger partial charge in [0, 0.05) is 18.9 Å². The van der Waals surface area contributed by atoms with Gasteiger partial charge in [0.1, 0.15) is 5.82 Å². The van der Waals surface area contributed by atoms with Gasteiger partial charge in [-0.1, -0.05) is 49.6 Å². The average molecular weight is 312 g/mol. The quantitative estimate of drug-likeness (QED) is 0.856. The minimum atomic E-state index is -0.684. The number of hydrogen-bond acceptors (Lipinski definition) is 2. The Morgan fingerprint density at radius 2 is 1.91 bits per heavy atom. The fraction of sp³-hybridized carbons (Fsp3) is 0.550. The van der Waals surface area contributed by atoms with E-state index in [1.807, 2.05) is 37.5 Å². The summed E-state index contributed by atoms with van der Waals surface area (Å²) in [7, 11) is 0. The predicted molar refractivity (Wildman–Crippen MR) is 93.1 cm³/mol. The molecule has 1 N–H and O–H groups in total. The van der Waals surface area contributed by atoms with Crippen LogP contribution in [0.25, 0.3) is 0 Å². The van der Waals surface area contributed by atoms with E-state index < -0.39 is 5.60 Å². The molecular weight excluding hydrogens is 284 g/mol. The van der Waals surface area contributed by atoms with Gasteiger partial charge in [0.25, 0.3) is 0 Å². The summed E-state index contributed by atoms with van der Waals surface area (Å²) >= 11 is 0. The number of imidazole rings is 1. The molecule has 124 valence electrons. The molecule has 0 bridgehead atoms. The van der Waals surface area contributed by atoms with E-state index in [0.29, 0.717) is 5.92 Å². The zero-order valence-corrected chi connectivity index (χ0v) is 14.1. The van der Waals surface area contributed by atoms with Crippen LogP contribution in [0.15, 0.2) is 42.7 Å². The zero-order valence-electron chi connectivity index (χ0n) is 14.1. The van der Waals surface area contributed by atoms with Crippen molar-refractivity contribution < 1.29 is 5.11 Å². The number of nitrogens with zero attached hydrogens (tertiary/aromatic N) is 2. The molecule has 1 atom stereocenters. The first-order valence-electron chi connectivity index (χ1n) is 8.96. The fourth-order valence-electron chi connectivity index (χ4n) is 4.05. The lowest BCUT2D eigenvalue weighted by Crippen LogP contribution is -2.36. The van der Waals surface area contributed by atoms with Gasteiger partial charge in [-0.3, -0.25) is 0 Å². The van der Waals surface area contributed by atoms with Crippen LogP contribution >= 0.6 is 0 Å². The standard InChI is InChI=1S/C20H28N2O/c1-17-21-14-16-22(17)15-8-13-20(23,18-9-4-2-5-10-18)19-11-6-3-7-12-19/h2,4-5,9-10,14,16,19,23H,3,6-8,11-13,15H2,1H3. The molecular formula is C20H28N2O. The average Bonchev–Trinajstić information content (AvgIpc) is 3.01. The van der Waals surface area contributed by atoms with Crippen LogP contribution in [0.1, 0.15) is 56.3 Å². The molecule has 0 amide bonds. The Hall–Kier alpha value is -1.61. The van der Waals surface area contributed by atoms with Crippen molar-refractivity contribution in [2.75, 3.05) is 0 Å². The summed E-state index contributed by atoms with van der Waals surface area (Å²) in [6, 6.07) is 10.3. The molecule has 3 rings (SSSR count). The Morgan fingerprint density at radius 3 is 2.57 bits per heavy atom. The van der Waals surface area contributed by atoms with Crippen molar-refractivity contribution in [2.24, 2.45) is 5.92 Å². The van der Waals surface area contributed by atoms with Crippen molar-refractivity contribution in [3.05, 3.63) is 54.1 Å². The van der Waals surface area contributed by atoms with Gasteiger partial charge in [-0.2, -0.15) is 0 Å². The molecule has 1 aromatic heterocycles. The lowest BCUT2D eigenvalue weighted by Gasteiger charge is -2.39. The fourth-order valence-corrected chi connectivity index (χ4v) is 4.05. The summed E-state index contributed by atoms with van der Waals surface area (Å²) in [5, 5.41) is 11.6. The van der Waals surface area contributed by atoms with E-state index in [4.69, 9.17) is 0 Å². The van der Waals surface area contributed by atoms with Crippen LogP contribution in [0.3, 0.4) is 0 Å². The molecule has 1 saturated carbocycles. The highest BCUT2D eigenvalue weighted by atomic mass is 16.3. The summed E-state index contributed by atoms with van der Waals surface area (Å²) < 4.78 is 2.17. The third kappa shape index (κ3) is 3.66.